The Balaban J connectivity index is 1.38. The summed E-state index contributed by atoms with van der Waals surface area (Å²) in [5, 5.41) is 21.2. The van der Waals surface area contributed by atoms with Crippen molar-refractivity contribution in [3.8, 4) is 0 Å². The molecule has 2 aliphatic heterocycles. The number of carbonyl (C=O) groups is 5. The maximum Gasteiger partial charge on any atom is 0.327 e. The Kier molecular flexibility index (Phi) is 8.96. The van der Waals surface area contributed by atoms with Crippen LogP contribution in [0.2, 0.25) is 0 Å². The fourth-order valence-corrected chi connectivity index (χ4v) is 6.36. The molecular weight excluding hydrogens is 548 g/mol. The Morgan fingerprint density at radius 1 is 1.10 bits per heavy atom. The number of aliphatic carboxylic acids is 1. The highest BCUT2D eigenvalue weighted by Crippen LogP contribution is 2.50. The Morgan fingerprint density at radius 2 is 1.78 bits per heavy atom. The fourth-order valence-electron chi connectivity index (χ4n) is 4.73. The van der Waals surface area contributed by atoms with Gasteiger partial charge in [0.2, 0.25) is 11.8 Å². The molecule has 0 bridgehead atoms. The SMILES string of the molecule is CCCNc1ccc(C(=O)N/N=C/C(=O)NC(C(=O)NC2C(=O)N3[C@@H]2SC(C)(C)[C@@H]3C(=O)O)c2ccccc2)cc1. The number of thioether (sulfide) groups is 1. The van der Waals surface area contributed by atoms with Gasteiger partial charge in [-0.05, 0) is 50.1 Å². The molecule has 12 nitrogen and oxygen atoms in total. The maximum atomic E-state index is 13.3. The Hall–Kier alpha value is -4.39. The molecule has 0 radical (unpaired) electrons. The van der Waals surface area contributed by atoms with Gasteiger partial charge in [-0.3, -0.25) is 19.2 Å². The van der Waals surface area contributed by atoms with Crippen molar-refractivity contribution >= 4 is 53.3 Å². The zero-order chi connectivity index (χ0) is 29.7. The van der Waals surface area contributed by atoms with E-state index in [1.54, 1.807) is 68.4 Å². The van der Waals surface area contributed by atoms with Gasteiger partial charge in [0, 0.05) is 22.5 Å². The molecule has 2 aromatic rings. The molecule has 0 spiro atoms. The molecular formula is C28H32N6O6S. The first kappa shape index (κ1) is 29.6. The number of amides is 4. The molecule has 4 rings (SSSR count). The van der Waals surface area contributed by atoms with E-state index in [4.69, 9.17) is 0 Å². The quantitative estimate of drug-likeness (QED) is 0.152. The van der Waals surface area contributed by atoms with Crippen molar-refractivity contribution in [2.24, 2.45) is 5.10 Å². The fraction of sp³-hybridized carbons (Fsp3) is 0.357. The minimum atomic E-state index is -1.18. The van der Waals surface area contributed by atoms with Gasteiger partial charge < -0.3 is 26.0 Å². The second-order valence-corrected chi connectivity index (χ2v) is 11.9. The van der Waals surface area contributed by atoms with Crippen molar-refractivity contribution in [1.29, 1.82) is 0 Å². The van der Waals surface area contributed by atoms with Crippen LogP contribution in [0.15, 0.2) is 59.7 Å². The van der Waals surface area contributed by atoms with Gasteiger partial charge >= 0.3 is 5.97 Å². The van der Waals surface area contributed by atoms with Crippen LogP contribution in [0.3, 0.4) is 0 Å². The van der Waals surface area contributed by atoms with E-state index in [9.17, 15) is 29.1 Å². The standard InChI is InChI=1S/C28H32N6O6S/c1-4-14-29-18-12-10-17(11-13-18)23(36)33-30-15-19(35)31-20(16-8-6-5-7-9-16)24(37)32-21-25(38)34-22(27(39)40)28(2,3)41-26(21)34/h5-13,15,20-22,26,29H,4,14H2,1-3H3,(H,31,35)(H,32,37)(H,33,36)(H,39,40)/b30-15+/t20?,21?,22-,26+/m0/s1. The Bertz CT molecular complexity index is 1350. The summed E-state index contributed by atoms with van der Waals surface area (Å²) in [6.07, 6.45) is 1.82. The number of β-lactam (4-membered cyclic amide) rings is 1. The summed E-state index contributed by atoms with van der Waals surface area (Å²) in [5.41, 5.74) is 3.97. The molecule has 216 valence electrons. The van der Waals surface area contributed by atoms with Crippen LogP contribution in [-0.2, 0) is 19.2 Å². The van der Waals surface area contributed by atoms with Gasteiger partial charge in [-0.15, -0.1) is 11.8 Å². The van der Waals surface area contributed by atoms with Gasteiger partial charge in [0.1, 0.15) is 29.7 Å². The molecule has 2 unspecified atom stereocenters. The summed E-state index contributed by atoms with van der Waals surface area (Å²) < 4.78 is -0.742. The Morgan fingerprint density at radius 3 is 2.41 bits per heavy atom. The number of rotatable bonds is 11. The number of anilines is 1. The van der Waals surface area contributed by atoms with Crippen LogP contribution in [0.5, 0.6) is 0 Å². The number of carbonyl (C=O) groups excluding carboxylic acids is 4. The lowest BCUT2D eigenvalue weighted by atomic mass is 9.95. The second-order valence-electron chi connectivity index (χ2n) is 10.1. The van der Waals surface area contributed by atoms with Crippen LogP contribution >= 0.6 is 11.8 Å². The highest BCUT2D eigenvalue weighted by Gasteiger charge is 2.64. The average molecular weight is 581 g/mol. The lowest BCUT2D eigenvalue weighted by Gasteiger charge is -2.44. The largest absolute Gasteiger partial charge is 0.480 e. The number of hydrazone groups is 1. The molecule has 5 N–H and O–H groups in total. The molecule has 2 heterocycles. The van der Waals surface area contributed by atoms with E-state index in [-0.39, 0.29) is 0 Å². The third-order valence-corrected chi connectivity index (χ3v) is 8.30. The van der Waals surface area contributed by atoms with Crippen LogP contribution in [0.25, 0.3) is 0 Å². The molecule has 0 saturated carbocycles. The van der Waals surface area contributed by atoms with Crippen molar-refractivity contribution in [3.63, 3.8) is 0 Å². The van der Waals surface area contributed by atoms with Crippen molar-refractivity contribution in [2.45, 2.75) is 55.4 Å². The number of carboxylic acid groups (broad SMARTS) is 1. The van der Waals surface area contributed by atoms with E-state index >= 15 is 0 Å². The predicted octanol–water partition coefficient (Wildman–Crippen LogP) is 1.71. The lowest BCUT2D eigenvalue weighted by Crippen LogP contribution is -2.71. The van der Waals surface area contributed by atoms with Crippen LogP contribution in [0.4, 0.5) is 5.69 Å². The van der Waals surface area contributed by atoms with Gasteiger partial charge in [0.15, 0.2) is 0 Å². The van der Waals surface area contributed by atoms with Crippen molar-refractivity contribution in [1.82, 2.24) is 21.0 Å². The molecule has 0 aromatic heterocycles. The van der Waals surface area contributed by atoms with Gasteiger partial charge in [0.25, 0.3) is 11.8 Å². The monoisotopic (exact) mass is 580 g/mol. The van der Waals surface area contributed by atoms with Crippen LogP contribution in [0.1, 0.15) is 49.2 Å². The molecule has 2 aromatic carbocycles. The van der Waals surface area contributed by atoms with E-state index in [1.165, 1.54) is 16.7 Å². The number of nitrogens with zero attached hydrogens (tertiary/aromatic N) is 2. The first-order chi connectivity index (χ1) is 19.5. The highest BCUT2D eigenvalue weighted by atomic mass is 32.2. The smallest absolute Gasteiger partial charge is 0.327 e. The minimum absolute atomic E-state index is 0.350. The molecule has 2 aliphatic rings. The van der Waals surface area contributed by atoms with Crippen LogP contribution < -0.4 is 21.4 Å². The van der Waals surface area contributed by atoms with Crippen molar-refractivity contribution in [3.05, 3.63) is 65.7 Å². The minimum Gasteiger partial charge on any atom is -0.480 e. The molecule has 4 atom stereocenters. The van der Waals surface area contributed by atoms with E-state index in [0.29, 0.717) is 11.1 Å². The first-order valence-electron chi connectivity index (χ1n) is 13.1. The second kappa shape index (κ2) is 12.4. The predicted molar refractivity (Wildman–Crippen MR) is 154 cm³/mol. The number of benzene rings is 2. The third kappa shape index (κ3) is 6.51. The number of hydrogen-bond donors (Lipinski definition) is 5. The summed E-state index contributed by atoms with van der Waals surface area (Å²) in [6, 6.07) is 12.1. The summed E-state index contributed by atoms with van der Waals surface area (Å²) in [6.45, 7) is 6.34. The molecule has 4 amide bonds. The normalized spacial score (nSPS) is 21.4. The topological polar surface area (TPSA) is 169 Å². The zero-order valence-electron chi connectivity index (χ0n) is 22.8. The van der Waals surface area contributed by atoms with Gasteiger partial charge in [-0.2, -0.15) is 5.10 Å². The Labute approximate surface area is 241 Å². The third-order valence-electron chi connectivity index (χ3n) is 6.73. The van der Waals surface area contributed by atoms with Gasteiger partial charge in [-0.1, -0.05) is 37.3 Å². The summed E-state index contributed by atoms with van der Waals surface area (Å²) >= 11 is 1.30. The maximum absolute atomic E-state index is 13.3. The average Bonchev–Trinajstić information content (AvgIpc) is 3.21. The molecule has 2 saturated heterocycles. The molecule has 41 heavy (non-hydrogen) atoms. The van der Waals surface area contributed by atoms with Crippen LogP contribution in [0, 0.1) is 0 Å². The van der Waals surface area contributed by atoms with E-state index in [1.807, 2.05) is 6.92 Å². The number of nitrogens with one attached hydrogen (secondary N) is 4. The first-order valence-corrected chi connectivity index (χ1v) is 14.0. The molecule has 13 heteroatoms. The summed E-state index contributed by atoms with van der Waals surface area (Å²) in [5.74, 6) is -3.51. The highest BCUT2D eigenvalue weighted by molar-refractivity contribution is 8.01. The number of carboxylic acids is 1. The van der Waals surface area contributed by atoms with E-state index < -0.39 is 57.8 Å². The summed E-state index contributed by atoms with van der Waals surface area (Å²) in [4.78, 5) is 64.2. The van der Waals surface area contributed by atoms with Gasteiger partial charge in [-0.25, -0.2) is 10.2 Å². The van der Waals surface area contributed by atoms with E-state index in [2.05, 4.69) is 26.5 Å². The number of hydrogen-bond acceptors (Lipinski definition) is 8. The molecule has 2 fully saturated rings. The lowest BCUT2D eigenvalue weighted by molar-refractivity contribution is -0.161. The zero-order valence-corrected chi connectivity index (χ0v) is 23.6. The molecule has 0 aliphatic carbocycles. The van der Waals surface area contributed by atoms with Gasteiger partial charge in [0.05, 0.1) is 0 Å². The van der Waals surface area contributed by atoms with Crippen molar-refractivity contribution in [2.75, 3.05) is 11.9 Å². The van der Waals surface area contributed by atoms with Crippen LogP contribution in [-0.4, -0.2) is 74.6 Å². The van der Waals surface area contributed by atoms with E-state index in [0.717, 1.165) is 24.9 Å². The van der Waals surface area contributed by atoms with Crippen molar-refractivity contribution < 1.29 is 29.1 Å². The number of fused-ring (bicyclic) bond motifs is 1. The summed E-state index contributed by atoms with van der Waals surface area (Å²) in [7, 11) is 0.